The average Bonchev–Trinajstić information content (AvgIpc) is 2.25. The molecule has 0 unspecified atom stereocenters. The minimum Gasteiger partial charge on any atom is -0.464 e. The van der Waals surface area contributed by atoms with Gasteiger partial charge in [0.15, 0.2) is 0 Å². The fourth-order valence-corrected chi connectivity index (χ4v) is 1.39. The van der Waals surface area contributed by atoms with E-state index in [1.54, 1.807) is 0 Å². The van der Waals surface area contributed by atoms with Gasteiger partial charge < -0.3 is 9.64 Å². The summed E-state index contributed by atoms with van der Waals surface area (Å²) in [7, 11) is 1.93. The van der Waals surface area contributed by atoms with Crippen molar-refractivity contribution in [2.45, 2.75) is 27.2 Å². The first kappa shape index (κ1) is 14.0. The predicted octanol–water partition coefficient (Wildman–Crippen LogP) is 2.41. The van der Waals surface area contributed by atoms with E-state index < -0.39 is 0 Å². The molecule has 1 rings (SSSR count). The SMILES string of the molecule is CCOc1nc(Cl)nc(N(C)CCC(C)C)n1. The zero-order valence-corrected chi connectivity index (χ0v) is 11.5. The van der Waals surface area contributed by atoms with Crippen molar-refractivity contribution in [3.05, 3.63) is 5.28 Å². The number of anilines is 1. The molecule has 0 aromatic carbocycles. The molecule has 1 aromatic rings. The molecule has 1 heterocycles. The quantitative estimate of drug-likeness (QED) is 0.784. The Morgan fingerprint density at radius 1 is 1.29 bits per heavy atom. The van der Waals surface area contributed by atoms with Gasteiger partial charge in [-0.05, 0) is 30.9 Å². The molecule has 0 aliphatic heterocycles. The van der Waals surface area contributed by atoms with E-state index in [4.69, 9.17) is 16.3 Å². The zero-order valence-electron chi connectivity index (χ0n) is 10.8. The molecule has 0 radical (unpaired) electrons. The highest BCUT2D eigenvalue weighted by molar-refractivity contribution is 6.28. The third-order valence-corrected chi connectivity index (χ3v) is 2.40. The number of hydrogen-bond acceptors (Lipinski definition) is 5. The van der Waals surface area contributed by atoms with Crippen molar-refractivity contribution in [1.29, 1.82) is 0 Å². The minimum atomic E-state index is 0.162. The average molecular weight is 259 g/mol. The van der Waals surface area contributed by atoms with Crippen molar-refractivity contribution < 1.29 is 4.74 Å². The Kier molecular flexibility index (Phi) is 5.41. The monoisotopic (exact) mass is 258 g/mol. The Hall–Kier alpha value is -1.10. The van der Waals surface area contributed by atoms with Crippen LogP contribution in [-0.4, -0.2) is 35.2 Å². The Morgan fingerprint density at radius 3 is 2.59 bits per heavy atom. The number of ether oxygens (including phenoxy) is 1. The van der Waals surface area contributed by atoms with E-state index in [-0.39, 0.29) is 11.3 Å². The molecular weight excluding hydrogens is 240 g/mol. The summed E-state index contributed by atoms with van der Waals surface area (Å²) in [6.45, 7) is 7.62. The Bertz CT molecular complexity index is 359. The highest BCUT2D eigenvalue weighted by atomic mass is 35.5. The van der Waals surface area contributed by atoms with Crippen molar-refractivity contribution in [3.8, 4) is 6.01 Å². The van der Waals surface area contributed by atoms with Crippen LogP contribution >= 0.6 is 11.6 Å². The van der Waals surface area contributed by atoms with Gasteiger partial charge in [-0.25, -0.2) is 0 Å². The van der Waals surface area contributed by atoms with Crippen LogP contribution in [0.5, 0.6) is 6.01 Å². The summed E-state index contributed by atoms with van der Waals surface area (Å²) in [6.07, 6.45) is 1.07. The summed E-state index contributed by atoms with van der Waals surface area (Å²) in [6, 6.07) is 0.277. The molecule has 6 heteroatoms. The Labute approximate surface area is 107 Å². The normalized spacial score (nSPS) is 10.7. The van der Waals surface area contributed by atoms with Crippen LogP contribution in [0.4, 0.5) is 5.95 Å². The summed E-state index contributed by atoms with van der Waals surface area (Å²) in [5.74, 6) is 1.19. The molecule has 96 valence electrons. The lowest BCUT2D eigenvalue weighted by Crippen LogP contribution is -2.22. The second-order valence-corrected chi connectivity index (χ2v) is 4.56. The third-order valence-electron chi connectivity index (χ3n) is 2.23. The molecule has 0 N–H and O–H groups in total. The maximum atomic E-state index is 5.82. The second-order valence-electron chi connectivity index (χ2n) is 4.22. The summed E-state index contributed by atoms with van der Waals surface area (Å²) in [5, 5.41) is 0.162. The first-order valence-electron chi connectivity index (χ1n) is 5.78. The van der Waals surface area contributed by atoms with Crippen molar-refractivity contribution in [2.75, 3.05) is 25.1 Å². The number of rotatable bonds is 6. The summed E-state index contributed by atoms with van der Waals surface area (Å²) in [4.78, 5) is 14.1. The van der Waals surface area contributed by atoms with Gasteiger partial charge in [0.05, 0.1) is 6.61 Å². The van der Waals surface area contributed by atoms with Gasteiger partial charge in [-0.1, -0.05) is 13.8 Å². The van der Waals surface area contributed by atoms with Crippen LogP contribution in [0, 0.1) is 5.92 Å². The lowest BCUT2D eigenvalue weighted by molar-refractivity contribution is 0.311. The van der Waals surface area contributed by atoms with E-state index in [0.29, 0.717) is 18.5 Å². The molecule has 0 amide bonds. The lowest BCUT2D eigenvalue weighted by Gasteiger charge is -2.18. The van der Waals surface area contributed by atoms with Crippen LogP contribution in [-0.2, 0) is 0 Å². The van der Waals surface area contributed by atoms with Gasteiger partial charge in [0.2, 0.25) is 11.2 Å². The summed E-state index contributed by atoms with van der Waals surface area (Å²) in [5.41, 5.74) is 0. The van der Waals surface area contributed by atoms with Crippen LogP contribution in [0.25, 0.3) is 0 Å². The van der Waals surface area contributed by atoms with Crippen LogP contribution in [0.15, 0.2) is 0 Å². The van der Waals surface area contributed by atoms with E-state index in [9.17, 15) is 0 Å². The fourth-order valence-electron chi connectivity index (χ4n) is 1.24. The summed E-state index contributed by atoms with van der Waals surface area (Å²) >= 11 is 5.82. The van der Waals surface area contributed by atoms with Crippen LogP contribution in [0.1, 0.15) is 27.2 Å². The molecule has 0 fully saturated rings. The predicted molar refractivity (Wildman–Crippen MR) is 68.7 cm³/mol. The zero-order chi connectivity index (χ0) is 12.8. The highest BCUT2D eigenvalue weighted by Crippen LogP contribution is 2.15. The third kappa shape index (κ3) is 4.73. The maximum absolute atomic E-state index is 5.82. The van der Waals surface area contributed by atoms with Crippen molar-refractivity contribution in [3.63, 3.8) is 0 Å². The van der Waals surface area contributed by atoms with E-state index in [1.807, 2.05) is 18.9 Å². The Morgan fingerprint density at radius 2 is 2.00 bits per heavy atom. The number of aromatic nitrogens is 3. The Balaban J connectivity index is 2.74. The van der Waals surface area contributed by atoms with Gasteiger partial charge in [-0.2, -0.15) is 15.0 Å². The van der Waals surface area contributed by atoms with Crippen molar-refractivity contribution >= 4 is 17.5 Å². The number of halogens is 1. The van der Waals surface area contributed by atoms with Gasteiger partial charge in [0.1, 0.15) is 0 Å². The first-order chi connectivity index (χ1) is 8.02. The van der Waals surface area contributed by atoms with Gasteiger partial charge >= 0.3 is 6.01 Å². The van der Waals surface area contributed by atoms with Gasteiger partial charge in [0, 0.05) is 13.6 Å². The van der Waals surface area contributed by atoms with E-state index in [0.717, 1.165) is 13.0 Å². The molecule has 0 saturated carbocycles. The van der Waals surface area contributed by atoms with Gasteiger partial charge in [-0.3, -0.25) is 0 Å². The van der Waals surface area contributed by atoms with E-state index >= 15 is 0 Å². The standard InChI is InChI=1S/C11H19ClN4O/c1-5-17-11-14-9(12)13-10(15-11)16(4)7-6-8(2)3/h8H,5-7H2,1-4H3. The topological polar surface area (TPSA) is 51.1 Å². The van der Waals surface area contributed by atoms with Gasteiger partial charge in [0.25, 0.3) is 0 Å². The molecule has 1 aromatic heterocycles. The van der Waals surface area contributed by atoms with E-state index in [1.165, 1.54) is 0 Å². The van der Waals surface area contributed by atoms with Gasteiger partial charge in [-0.15, -0.1) is 0 Å². The van der Waals surface area contributed by atoms with Crippen LogP contribution in [0.2, 0.25) is 5.28 Å². The van der Waals surface area contributed by atoms with Crippen molar-refractivity contribution in [1.82, 2.24) is 15.0 Å². The smallest absolute Gasteiger partial charge is 0.322 e. The van der Waals surface area contributed by atoms with E-state index in [2.05, 4.69) is 28.8 Å². The minimum absolute atomic E-state index is 0.162. The molecule has 0 saturated heterocycles. The fraction of sp³-hybridized carbons (Fsp3) is 0.727. The number of nitrogens with zero attached hydrogens (tertiary/aromatic N) is 4. The molecule has 17 heavy (non-hydrogen) atoms. The maximum Gasteiger partial charge on any atom is 0.322 e. The molecular formula is C11H19ClN4O. The largest absolute Gasteiger partial charge is 0.464 e. The second kappa shape index (κ2) is 6.59. The highest BCUT2D eigenvalue weighted by Gasteiger charge is 2.10. The molecule has 0 bridgehead atoms. The molecule has 5 nitrogen and oxygen atoms in total. The molecule has 0 aliphatic rings. The number of hydrogen-bond donors (Lipinski definition) is 0. The van der Waals surface area contributed by atoms with Crippen LogP contribution < -0.4 is 9.64 Å². The van der Waals surface area contributed by atoms with Crippen molar-refractivity contribution in [2.24, 2.45) is 5.92 Å². The molecule has 0 spiro atoms. The summed E-state index contributed by atoms with van der Waals surface area (Å²) < 4.78 is 5.23. The molecule has 0 atom stereocenters. The molecule has 0 aliphatic carbocycles. The van der Waals surface area contributed by atoms with Crippen LogP contribution in [0.3, 0.4) is 0 Å². The lowest BCUT2D eigenvalue weighted by atomic mass is 10.1. The first-order valence-corrected chi connectivity index (χ1v) is 6.16.